The number of para-hydroxylation sites is 1. The number of nitrogens with one attached hydrogen (secondary N) is 1. The molecule has 1 amide bonds. The second-order valence-corrected chi connectivity index (χ2v) is 9.96. The van der Waals surface area contributed by atoms with Crippen LogP contribution in [0.3, 0.4) is 0 Å². The molecule has 2 aliphatic rings. The Morgan fingerprint density at radius 2 is 1.84 bits per heavy atom. The summed E-state index contributed by atoms with van der Waals surface area (Å²) in [5.41, 5.74) is 6.72. The highest BCUT2D eigenvalue weighted by molar-refractivity contribution is 5.93. The van der Waals surface area contributed by atoms with E-state index in [1.807, 2.05) is 17.6 Å². The number of hydrogen-bond donors (Lipinski definition) is 1. The molecule has 0 spiro atoms. The Hall–Kier alpha value is -3.91. The van der Waals surface area contributed by atoms with Gasteiger partial charge in [0.2, 0.25) is 0 Å². The summed E-state index contributed by atoms with van der Waals surface area (Å²) in [5, 5.41) is 3.88. The van der Waals surface area contributed by atoms with Crippen molar-refractivity contribution >= 4 is 22.5 Å². The predicted molar refractivity (Wildman–Crippen MR) is 145 cm³/mol. The topological polar surface area (TPSA) is 75.5 Å². The van der Waals surface area contributed by atoms with Gasteiger partial charge in [0.25, 0.3) is 5.91 Å². The molecule has 4 heterocycles. The van der Waals surface area contributed by atoms with Gasteiger partial charge in [0, 0.05) is 62.1 Å². The fraction of sp³-hybridized carbons (Fsp3) is 0.345. The fourth-order valence-corrected chi connectivity index (χ4v) is 5.62. The molecule has 0 bridgehead atoms. The maximum Gasteiger partial charge on any atom is 0.271 e. The van der Waals surface area contributed by atoms with Crippen molar-refractivity contribution in [3.63, 3.8) is 0 Å². The molecule has 2 aromatic carbocycles. The summed E-state index contributed by atoms with van der Waals surface area (Å²) in [7, 11) is 1.62. The standard InChI is InChI=1S/C29H32N6O2/c1-19(21-6-4-9-25-28(21)37-17-26-27(29(36)30-3)31-18-35(25)26)16-33-12-14-34(15-13-33)24-8-5-7-23-22(24)11-10-20(2)32-23/h4-11,18-19H,12-17H2,1-3H3,(H,30,36). The van der Waals surface area contributed by atoms with Gasteiger partial charge < -0.3 is 15.0 Å². The van der Waals surface area contributed by atoms with Crippen molar-refractivity contribution in [2.24, 2.45) is 0 Å². The van der Waals surface area contributed by atoms with Crippen LogP contribution in [0.5, 0.6) is 5.75 Å². The third-order valence-corrected chi connectivity index (χ3v) is 7.57. The van der Waals surface area contributed by atoms with Gasteiger partial charge in [0.05, 0.1) is 16.9 Å². The lowest BCUT2D eigenvalue weighted by molar-refractivity contribution is 0.0955. The number of carbonyl (C=O) groups is 1. The average molecular weight is 497 g/mol. The number of fused-ring (bicyclic) bond motifs is 4. The number of imidazole rings is 1. The van der Waals surface area contributed by atoms with Crippen molar-refractivity contribution in [1.82, 2.24) is 24.8 Å². The zero-order valence-corrected chi connectivity index (χ0v) is 21.6. The van der Waals surface area contributed by atoms with Crippen LogP contribution in [0.25, 0.3) is 16.6 Å². The van der Waals surface area contributed by atoms with Crippen molar-refractivity contribution < 1.29 is 9.53 Å². The van der Waals surface area contributed by atoms with E-state index in [-0.39, 0.29) is 5.91 Å². The minimum atomic E-state index is -0.195. The zero-order valence-electron chi connectivity index (χ0n) is 21.6. The first-order valence-electron chi connectivity index (χ1n) is 12.9. The molecule has 0 radical (unpaired) electrons. The van der Waals surface area contributed by atoms with E-state index >= 15 is 0 Å². The highest BCUT2D eigenvalue weighted by Crippen LogP contribution is 2.38. The largest absolute Gasteiger partial charge is 0.485 e. The second kappa shape index (κ2) is 9.52. The number of amides is 1. The van der Waals surface area contributed by atoms with E-state index in [4.69, 9.17) is 9.72 Å². The van der Waals surface area contributed by atoms with E-state index in [2.05, 4.69) is 69.5 Å². The molecule has 0 saturated carbocycles. The lowest BCUT2D eigenvalue weighted by atomic mass is 9.97. The van der Waals surface area contributed by atoms with Gasteiger partial charge in [-0.2, -0.15) is 0 Å². The quantitative estimate of drug-likeness (QED) is 0.452. The number of nitrogens with zero attached hydrogens (tertiary/aromatic N) is 5. The number of hydrogen-bond acceptors (Lipinski definition) is 6. The van der Waals surface area contributed by atoms with Gasteiger partial charge >= 0.3 is 0 Å². The molecule has 4 aromatic rings. The summed E-state index contributed by atoms with van der Waals surface area (Å²) < 4.78 is 8.22. The number of ether oxygens (including phenoxy) is 1. The Morgan fingerprint density at radius 3 is 2.65 bits per heavy atom. The third kappa shape index (κ3) is 4.21. The van der Waals surface area contributed by atoms with Gasteiger partial charge in [-0.25, -0.2) is 4.98 Å². The smallest absolute Gasteiger partial charge is 0.271 e. The Kier molecular flexibility index (Phi) is 6.04. The Bertz CT molecular complexity index is 1470. The number of piperazine rings is 1. The van der Waals surface area contributed by atoms with Crippen LogP contribution in [0.2, 0.25) is 0 Å². The highest BCUT2D eigenvalue weighted by atomic mass is 16.5. The number of rotatable bonds is 5. The van der Waals surface area contributed by atoms with E-state index in [1.165, 1.54) is 16.6 Å². The van der Waals surface area contributed by atoms with Gasteiger partial charge in [0.15, 0.2) is 5.69 Å². The second-order valence-electron chi connectivity index (χ2n) is 9.96. The van der Waals surface area contributed by atoms with Gasteiger partial charge in [-0.15, -0.1) is 0 Å². The average Bonchev–Trinajstić information content (AvgIpc) is 3.37. The van der Waals surface area contributed by atoms with E-state index in [0.717, 1.165) is 61.1 Å². The molecule has 6 rings (SSSR count). The lowest BCUT2D eigenvalue weighted by Gasteiger charge is -2.38. The summed E-state index contributed by atoms with van der Waals surface area (Å²) in [6.07, 6.45) is 1.72. The zero-order chi connectivity index (χ0) is 25.5. The molecule has 8 nitrogen and oxygen atoms in total. The van der Waals surface area contributed by atoms with Crippen molar-refractivity contribution in [3.05, 3.63) is 77.5 Å². The fourth-order valence-electron chi connectivity index (χ4n) is 5.62. The van der Waals surface area contributed by atoms with E-state index in [9.17, 15) is 4.79 Å². The monoisotopic (exact) mass is 496 g/mol. The summed E-state index contributed by atoms with van der Waals surface area (Å²) in [5.74, 6) is 0.995. The van der Waals surface area contributed by atoms with Crippen LogP contribution in [0.1, 0.15) is 40.3 Å². The first-order chi connectivity index (χ1) is 18.0. The number of carbonyl (C=O) groups excluding carboxylic acids is 1. The molecule has 1 N–H and O–H groups in total. The number of benzene rings is 2. The Balaban J connectivity index is 1.16. The summed E-state index contributed by atoms with van der Waals surface area (Å²) in [4.78, 5) is 26.3. The molecular formula is C29H32N6O2. The third-order valence-electron chi connectivity index (χ3n) is 7.57. The molecule has 8 heteroatoms. The molecule has 1 unspecified atom stereocenters. The van der Waals surface area contributed by atoms with Crippen LogP contribution in [0.15, 0.2) is 54.9 Å². The van der Waals surface area contributed by atoms with Crippen molar-refractivity contribution in [2.45, 2.75) is 26.4 Å². The van der Waals surface area contributed by atoms with Crippen LogP contribution in [0.4, 0.5) is 5.69 Å². The van der Waals surface area contributed by atoms with Crippen LogP contribution in [-0.2, 0) is 6.61 Å². The van der Waals surface area contributed by atoms with Gasteiger partial charge in [0.1, 0.15) is 18.7 Å². The maximum atomic E-state index is 12.2. The lowest BCUT2D eigenvalue weighted by Crippen LogP contribution is -2.47. The summed E-state index contributed by atoms with van der Waals surface area (Å²) >= 11 is 0. The number of aryl methyl sites for hydroxylation is 1. The van der Waals surface area contributed by atoms with Gasteiger partial charge in [-0.1, -0.05) is 25.1 Å². The first kappa shape index (κ1) is 23.5. The van der Waals surface area contributed by atoms with Crippen LogP contribution in [0, 0.1) is 6.92 Å². The molecular weight excluding hydrogens is 464 g/mol. The van der Waals surface area contributed by atoms with Crippen LogP contribution >= 0.6 is 0 Å². The minimum absolute atomic E-state index is 0.195. The molecule has 1 saturated heterocycles. The number of pyridine rings is 1. The molecule has 37 heavy (non-hydrogen) atoms. The summed E-state index contributed by atoms with van der Waals surface area (Å²) in [6, 6.07) is 17.0. The van der Waals surface area contributed by atoms with Crippen LogP contribution in [-0.4, -0.2) is 65.1 Å². The van der Waals surface area contributed by atoms with Gasteiger partial charge in [-0.05, 0) is 43.2 Å². The van der Waals surface area contributed by atoms with Crippen LogP contribution < -0.4 is 15.0 Å². The predicted octanol–water partition coefficient (Wildman–Crippen LogP) is 3.91. The number of aromatic nitrogens is 3. The Labute approximate surface area is 216 Å². The van der Waals surface area contributed by atoms with E-state index < -0.39 is 0 Å². The molecule has 190 valence electrons. The van der Waals surface area contributed by atoms with Gasteiger partial charge in [-0.3, -0.25) is 19.2 Å². The van der Waals surface area contributed by atoms with E-state index in [0.29, 0.717) is 18.2 Å². The normalized spacial score (nSPS) is 16.1. The number of anilines is 1. The van der Waals surface area contributed by atoms with E-state index in [1.54, 1.807) is 13.4 Å². The molecule has 1 fully saturated rings. The molecule has 2 aromatic heterocycles. The Morgan fingerprint density at radius 1 is 1.05 bits per heavy atom. The van der Waals surface area contributed by atoms with Crippen molar-refractivity contribution in [3.8, 4) is 11.4 Å². The SMILES string of the molecule is CNC(=O)c1ncn2c1COc1c(C(C)CN3CCN(c4cccc5nc(C)ccc45)CC3)cccc1-2. The maximum absolute atomic E-state index is 12.2. The first-order valence-corrected chi connectivity index (χ1v) is 12.9. The molecule has 1 atom stereocenters. The minimum Gasteiger partial charge on any atom is -0.485 e. The van der Waals surface area contributed by atoms with Crippen molar-refractivity contribution in [1.29, 1.82) is 0 Å². The summed E-state index contributed by atoms with van der Waals surface area (Å²) in [6.45, 7) is 9.60. The molecule has 0 aliphatic carbocycles. The molecule has 2 aliphatic heterocycles. The highest BCUT2D eigenvalue weighted by Gasteiger charge is 2.28. The van der Waals surface area contributed by atoms with Crippen molar-refractivity contribution in [2.75, 3.05) is 44.7 Å².